The standard InChI is InChI=1S/C24H33IN2O7S/c25-13-19-33-17-7-16-32-15-4-1-5-18-34-22-9-6-8-21(20-22)12-14-26-35(30,31)24-11-3-2-10-23(24)27(28)29/h2-3,6,8-11,20,26H,1,4-5,7,12-19H2. The Hall–Kier alpha value is -1.80. The van der Waals surface area contributed by atoms with E-state index in [1.165, 1.54) is 24.3 Å². The lowest BCUT2D eigenvalue weighted by Crippen LogP contribution is -2.26. The largest absolute Gasteiger partial charge is 0.494 e. The van der Waals surface area contributed by atoms with Gasteiger partial charge in [0.05, 0.1) is 18.1 Å². The van der Waals surface area contributed by atoms with E-state index in [0.717, 1.165) is 67.9 Å². The van der Waals surface area contributed by atoms with E-state index < -0.39 is 20.6 Å². The molecule has 1 N–H and O–H groups in total. The minimum absolute atomic E-state index is 0.113. The van der Waals surface area contributed by atoms with E-state index in [1.807, 2.05) is 24.3 Å². The minimum atomic E-state index is -3.99. The second kappa shape index (κ2) is 16.8. The van der Waals surface area contributed by atoms with Crippen molar-refractivity contribution in [3.8, 4) is 5.75 Å². The highest BCUT2D eigenvalue weighted by Gasteiger charge is 2.24. The quantitative estimate of drug-likeness (QED) is 0.0807. The summed E-state index contributed by atoms with van der Waals surface area (Å²) in [6, 6.07) is 12.8. The van der Waals surface area contributed by atoms with Crippen LogP contribution in [0.25, 0.3) is 0 Å². The Kier molecular flexibility index (Phi) is 14.1. The molecule has 0 bridgehead atoms. The van der Waals surface area contributed by atoms with Gasteiger partial charge in [0.15, 0.2) is 4.90 Å². The zero-order valence-electron chi connectivity index (χ0n) is 19.7. The van der Waals surface area contributed by atoms with Crippen LogP contribution in [0, 0.1) is 10.1 Å². The van der Waals surface area contributed by atoms with E-state index in [2.05, 4.69) is 27.3 Å². The fourth-order valence-electron chi connectivity index (χ4n) is 3.23. The van der Waals surface area contributed by atoms with Crippen LogP contribution in [0.2, 0.25) is 0 Å². The molecule has 0 unspecified atom stereocenters. The molecule has 0 aliphatic heterocycles. The Morgan fingerprint density at radius 1 is 0.886 bits per heavy atom. The maximum Gasteiger partial charge on any atom is 0.289 e. The zero-order chi connectivity index (χ0) is 25.4. The van der Waals surface area contributed by atoms with Crippen molar-refractivity contribution in [1.82, 2.24) is 4.72 Å². The predicted molar refractivity (Wildman–Crippen MR) is 143 cm³/mol. The number of nitrogens with one attached hydrogen (secondary N) is 1. The van der Waals surface area contributed by atoms with Gasteiger partial charge in [-0.3, -0.25) is 10.1 Å². The molecular formula is C24H33IN2O7S. The molecule has 2 rings (SSSR count). The number of halogens is 1. The molecule has 0 radical (unpaired) electrons. The fourth-order valence-corrected chi connectivity index (χ4v) is 4.74. The van der Waals surface area contributed by atoms with Gasteiger partial charge in [0, 0.05) is 36.9 Å². The predicted octanol–water partition coefficient (Wildman–Crippen LogP) is 4.52. The van der Waals surface area contributed by atoms with Gasteiger partial charge in [-0.15, -0.1) is 0 Å². The van der Waals surface area contributed by atoms with E-state index in [4.69, 9.17) is 14.2 Å². The van der Waals surface area contributed by atoms with Crippen LogP contribution in [-0.2, 0) is 25.9 Å². The molecule has 0 aromatic heterocycles. The lowest BCUT2D eigenvalue weighted by Gasteiger charge is -2.10. The topological polar surface area (TPSA) is 117 Å². The van der Waals surface area contributed by atoms with Gasteiger partial charge < -0.3 is 14.2 Å². The van der Waals surface area contributed by atoms with Gasteiger partial charge in [-0.2, -0.15) is 0 Å². The molecule has 0 aliphatic carbocycles. The molecule has 0 amide bonds. The van der Waals surface area contributed by atoms with Crippen molar-refractivity contribution in [2.24, 2.45) is 0 Å². The van der Waals surface area contributed by atoms with Crippen molar-refractivity contribution < 1.29 is 27.6 Å². The van der Waals surface area contributed by atoms with Crippen molar-refractivity contribution in [3.63, 3.8) is 0 Å². The summed E-state index contributed by atoms with van der Waals surface area (Å²) in [4.78, 5) is 10.1. The van der Waals surface area contributed by atoms with Crippen LogP contribution in [-0.4, -0.2) is 57.3 Å². The van der Waals surface area contributed by atoms with Gasteiger partial charge in [0.2, 0.25) is 10.0 Å². The number of ether oxygens (including phenoxy) is 3. The molecule has 0 saturated heterocycles. The average molecular weight is 621 g/mol. The Morgan fingerprint density at radius 2 is 1.60 bits per heavy atom. The zero-order valence-corrected chi connectivity index (χ0v) is 22.7. The van der Waals surface area contributed by atoms with Crippen molar-refractivity contribution >= 4 is 38.3 Å². The van der Waals surface area contributed by atoms with Crippen LogP contribution >= 0.6 is 22.6 Å². The SMILES string of the molecule is O=[N+]([O-])c1ccccc1S(=O)(=O)NCCc1cccc(OCCCCCOCCCOCCI)c1. The summed E-state index contributed by atoms with van der Waals surface area (Å²) in [5, 5.41) is 11.1. The number of nitrogens with zero attached hydrogens (tertiary/aromatic N) is 1. The molecule has 2 aromatic rings. The van der Waals surface area contributed by atoms with Crippen molar-refractivity contribution in [3.05, 3.63) is 64.2 Å². The summed E-state index contributed by atoms with van der Waals surface area (Å²) in [7, 11) is -3.99. The van der Waals surface area contributed by atoms with E-state index in [0.29, 0.717) is 13.0 Å². The third-order valence-corrected chi connectivity index (χ3v) is 6.91. The average Bonchev–Trinajstić information content (AvgIpc) is 2.85. The van der Waals surface area contributed by atoms with Gasteiger partial charge in [0.25, 0.3) is 5.69 Å². The number of hydrogen-bond donors (Lipinski definition) is 1. The maximum atomic E-state index is 12.5. The number of hydrogen-bond acceptors (Lipinski definition) is 7. The molecule has 194 valence electrons. The molecule has 0 spiro atoms. The number of alkyl halides is 1. The Bertz CT molecular complexity index is 1000. The van der Waals surface area contributed by atoms with Crippen LogP contribution in [0.5, 0.6) is 5.75 Å². The molecule has 0 fully saturated rings. The van der Waals surface area contributed by atoms with Crippen LogP contribution in [0.4, 0.5) is 5.69 Å². The molecule has 0 aliphatic rings. The number of nitro benzene ring substituents is 1. The number of nitro groups is 1. The highest BCUT2D eigenvalue weighted by atomic mass is 127. The highest BCUT2D eigenvalue weighted by molar-refractivity contribution is 14.1. The lowest BCUT2D eigenvalue weighted by atomic mass is 10.1. The normalized spacial score (nSPS) is 11.5. The van der Waals surface area contributed by atoms with E-state index in [9.17, 15) is 18.5 Å². The first-order valence-corrected chi connectivity index (χ1v) is 14.6. The van der Waals surface area contributed by atoms with Crippen molar-refractivity contribution in [2.45, 2.75) is 37.0 Å². The second-order valence-corrected chi connectivity index (χ2v) is 10.5. The van der Waals surface area contributed by atoms with Crippen LogP contribution < -0.4 is 9.46 Å². The maximum absolute atomic E-state index is 12.5. The molecule has 0 heterocycles. The number of para-hydroxylation sites is 1. The first kappa shape index (κ1) is 29.4. The molecule has 35 heavy (non-hydrogen) atoms. The third-order valence-electron chi connectivity index (χ3n) is 4.96. The second-order valence-electron chi connectivity index (χ2n) is 7.70. The van der Waals surface area contributed by atoms with Gasteiger partial charge in [-0.05, 0) is 55.9 Å². The monoisotopic (exact) mass is 620 g/mol. The number of rotatable bonds is 19. The lowest BCUT2D eigenvalue weighted by molar-refractivity contribution is -0.387. The van der Waals surface area contributed by atoms with E-state index >= 15 is 0 Å². The first-order chi connectivity index (χ1) is 16.9. The van der Waals surface area contributed by atoms with Crippen molar-refractivity contribution in [2.75, 3.05) is 44.0 Å². The molecule has 11 heteroatoms. The molecule has 0 atom stereocenters. The smallest absolute Gasteiger partial charge is 0.289 e. The van der Waals surface area contributed by atoms with E-state index in [1.54, 1.807) is 0 Å². The van der Waals surface area contributed by atoms with Gasteiger partial charge in [0.1, 0.15) is 5.75 Å². The number of sulfonamides is 1. The number of benzene rings is 2. The summed E-state index contributed by atoms with van der Waals surface area (Å²) >= 11 is 2.29. The van der Waals surface area contributed by atoms with Crippen molar-refractivity contribution in [1.29, 1.82) is 0 Å². The van der Waals surface area contributed by atoms with Gasteiger partial charge >= 0.3 is 0 Å². The summed E-state index contributed by atoms with van der Waals surface area (Å²) in [5.74, 6) is 0.729. The molecular weight excluding hydrogens is 587 g/mol. The first-order valence-electron chi connectivity index (χ1n) is 11.6. The Labute approximate surface area is 220 Å². The van der Waals surface area contributed by atoms with E-state index in [-0.39, 0.29) is 11.4 Å². The van der Waals surface area contributed by atoms with Gasteiger partial charge in [-0.25, -0.2) is 13.1 Å². The molecule has 0 saturated carbocycles. The highest BCUT2D eigenvalue weighted by Crippen LogP contribution is 2.22. The summed E-state index contributed by atoms with van der Waals surface area (Å²) in [5.41, 5.74) is 0.461. The minimum Gasteiger partial charge on any atom is -0.494 e. The van der Waals surface area contributed by atoms with Crippen LogP contribution in [0.3, 0.4) is 0 Å². The van der Waals surface area contributed by atoms with Crippen LogP contribution in [0.1, 0.15) is 31.2 Å². The summed E-state index contributed by atoms with van der Waals surface area (Å²) < 4.78 is 45.3. The third kappa shape index (κ3) is 11.7. The fraction of sp³-hybridized carbons (Fsp3) is 0.500. The Balaban J connectivity index is 1.64. The number of unbranched alkanes of at least 4 members (excludes halogenated alkanes) is 2. The molecule has 9 nitrogen and oxygen atoms in total. The summed E-state index contributed by atoms with van der Waals surface area (Å²) in [6.07, 6.45) is 4.26. The van der Waals surface area contributed by atoms with Crippen LogP contribution in [0.15, 0.2) is 53.4 Å². The molecule has 2 aromatic carbocycles. The summed E-state index contributed by atoms with van der Waals surface area (Å²) in [6.45, 7) is 3.72. The van der Waals surface area contributed by atoms with Gasteiger partial charge in [-0.1, -0.05) is 46.9 Å². The Morgan fingerprint density at radius 3 is 2.37 bits per heavy atom.